The molecule has 1 N–H and O–H groups in total. The number of nitrogens with zero attached hydrogens (tertiary/aromatic N) is 4. The molecule has 6 rings (SSSR count). The molecule has 1 saturated carbocycles. The van der Waals surface area contributed by atoms with Crippen molar-refractivity contribution in [3.05, 3.63) is 71.1 Å². The van der Waals surface area contributed by atoms with Crippen molar-refractivity contribution >= 4 is 23.1 Å². The third kappa shape index (κ3) is 4.53. The minimum absolute atomic E-state index is 0.206. The molecule has 0 unspecified atom stereocenters. The van der Waals surface area contributed by atoms with Crippen molar-refractivity contribution in [1.29, 1.82) is 0 Å². The van der Waals surface area contributed by atoms with E-state index in [-0.39, 0.29) is 5.91 Å². The van der Waals surface area contributed by atoms with Gasteiger partial charge in [0.1, 0.15) is 17.1 Å². The number of nitrogens with one attached hydrogen (secondary N) is 1. The van der Waals surface area contributed by atoms with E-state index in [1.54, 1.807) is 17.5 Å². The van der Waals surface area contributed by atoms with E-state index >= 15 is 0 Å². The first kappa shape index (κ1) is 23.8. The van der Waals surface area contributed by atoms with Crippen LogP contribution in [0.3, 0.4) is 0 Å². The molecular formula is C30H31N5OS. The molecule has 0 bridgehead atoms. The Bertz CT molecular complexity index is 1400. The van der Waals surface area contributed by atoms with E-state index < -0.39 is 5.54 Å². The van der Waals surface area contributed by atoms with Crippen LogP contribution >= 0.6 is 11.3 Å². The standard InChI is InChI=1S/C30H31N5OS/c1-2-3-6-28-32-30(14-4-5-15-30)29(36)35(28)19-21-7-9-22(10-8-21)26-17-23(24-13-16-37-20-24)11-12-25(26)27-18-31-34-33-27/h7-13,16-18,20H,2-6,14-15,19H2,1H3,(H,31,33,34). The number of hydrogen-bond donors (Lipinski definition) is 1. The van der Waals surface area contributed by atoms with Gasteiger partial charge in [0.2, 0.25) is 0 Å². The van der Waals surface area contributed by atoms with Crippen molar-refractivity contribution < 1.29 is 4.79 Å². The minimum Gasteiger partial charge on any atom is -0.294 e. The van der Waals surface area contributed by atoms with E-state index in [1.807, 2.05) is 4.90 Å². The largest absolute Gasteiger partial charge is 0.294 e. The number of amidine groups is 1. The van der Waals surface area contributed by atoms with Crippen LogP contribution in [0.4, 0.5) is 0 Å². The Labute approximate surface area is 221 Å². The summed E-state index contributed by atoms with van der Waals surface area (Å²) in [5.74, 6) is 1.19. The quantitative estimate of drug-likeness (QED) is 0.275. The summed E-state index contributed by atoms with van der Waals surface area (Å²) in [6.45, 7) is 2.76. The topological polar surface area (TPSA) is 74.2 Å². The van der Waals surface area contributed by atoms with Gasteiger partial charge in [-0.15, -0.1) is 0 Å². The number of aromatic nitrogens is 3. The lowest BCUT2D eigenvalue weighted by molar-refractivity contribution is -0.131. The van der Waals surface area contributed by atoms with Crippen molar-refractivity contribution in [3.63, 3.8) is 0 Å². The Kier molecular flexibility index (Phi) is 6.47. The van der Waals surface area contributed by atoms with Crippen molar-refractivity contribution in [3.8, 4) is 33.5 Å². The predicted molar refractivity (Wildman–Crippen MR) is 149 cm³/mol. The summed E-state index contributed by atoms with van der Waals surface area (Å²) < 4.78 is 0. The van der Waals surface area contributed by atoms with Gasteiger partial charge in [0.25, 0.3) is 5.91 Å². The monoisotopic (exact) mass is 509 g/mol. The maximum Gasteiger partial charge on any atom is 0.256 e. The van der Waals surface area contributed by atoms with Gasteiger partial charge in [-0.3, -0.25) is 14.7 Å². The molecule has 1 aliphatic carbocycles. The molecule has 1 aliphatic heterocycles. The highest BCUT2D eigenvalue weighted by Gasteiger charge is 2.49. The van der Waals surface area contributed by atoms with Gasteiger partial charge in [0.05, 0.1) is 12.7 Å². The Morgan fingerprint density at radius 3 is 2.51 bits per heavy atom. The van der Waals surface area contributed by atoms with E-state index in [1.165, 1.54) is 11.1 Å². The van der Waals surface area contributed by atoms with Gasteiger partial charge in [0, 0.05) is 12.0 Å². The molecule has 188 valence electrons. The molecule has 2 aromatic heterocycles. The first-order valence-corrected chi connectivity index (χ1v) is 14.1. The number of rotatable bonds is 8. The highest BCUT2D eigenvalue weighted by Crippen LogP contribution is 2.40. The summed E-state index contributed by atoms with van der Waals surface area (Å²) >= 11 is 1.70. The number of unbranched alkanes of at least 4 members (excludes halogenated alkanes) is 1. The van der Waals surface area contributed by atoms with Crippen LogP contribution in [-0.4, -0.2) is 37.6 Å². The average molecular weight is 510 g/mol. The predicted octanol–water partition coefficient (Wildman–Crippen LogP) is 7.11. The maximum absolute atomic E-state index is 13.5. The number of thiophene rings is 1. The van der Waals surface area contributed by atoms with Crippen LogP contribution in [-0.2, 0) is 11.3 Å². The maximum atomic E-state index is 13.5. The number of H-pyrrole nitrogens is 1. The van der Waals surface area contributed by atoms with Crippen LogP contribution in [0.5, 0.6) is 0 Å². The molecule has 1 spiro atoms. The normalized spacial score (nSPS) is 16.6. The molecule has 0 atom stereocenters. The van der Waals surface area contributed by atoms with Gasteiger partial charge in [0.15, 0.2) is 0 Å². The molecule has 37 heavy (non-hydrogen) atoms. The van der Waals surface area contributed by atoms with Crippen LogP contribution in [0.1, 0.15) is 57.4 Å². The van der Waals surface area contributed by atoms with Gasteiger partial charge >= 0.3 is 0 Å². The molecule has 2 aliphatic rings. The minimum atomic E-state index is -0.488. The molecule has 7 heteroatoms. The summed E-state index contributed by atoms with van der Waals surface area (Å²) in [7, 11) is 0. The van der Waals surface area contributed by atoms with E-state index in [0.29, 0.717) is 6.54 Å². The first-order valence-electron chi connectivity index (χ1n) is 13.2. The smallest absolute Gasteiger partial charge is 0.256 e. The number of benzene rings is 2. The number of aliphatic imine (C=N–C) groups is 1. The third-order valence-electron chi connectivity index (χ3n) is 7.65. The molecule has 4 aromatic rings. The number of hydrogen-bond acceptors (Lipinski definition) is 5. The van der Waals surface area contributed by atoms with Gasteiger partial charge in [-0.05, 0) is 70.0 Å². The van der Waals surface area contributed by atoms with Crippen molar-refractivity contribution in [1.82, 2.24) is 20.3 Å². The summed E-state index contributed by atoms with van der Waals surface area (Å²) in [6, 6.07) is 17.2. The van der Waals surface area contributed by atoms with Crippen molar-refractivity contribution in [2.24, 2.45) is 4.99 Å². The second-order valence-electron chi connectivity index (χ2n) is 10.1. The van der Waals surface area contributed by atoms with E-state index in [0.717, 1.165) is 78.7 Å². The summed E-state index contributed by atoms with van der Waals surface area (Å²) in [6.07, 6.45) is 8.76. The second kappa shape index (κ2) is 10.1. The van der Waals surface area contributed by atoms with Crippen LogP contribution in [0.15, 0.2) is 70.5 Å². The fourth-order valence-corrected chi connectivity index (χ4v) is 6.28. The van der Waals surface area contributed by atoms with Crippen molar-refractivity contribution in [2.75, 3.05) is 0 Å². The summed E-state index contributed by atoms with van der Waals surface area (Å²) in [5, 5.41) is 15.4. The molecule has 1 amide bonds. The molecule has 0 radical (unpaired) electrons. The number of carbonyl (C=O) groups excluding carboxylic acids is 1. The van der Waals surface area contributed by atoms with Gasteiger partial charge in [-0.2, -0.15) is 26.7 Å². The van der Waals surface area contributed by atoms with Gasteiger partial charge in [-0.25, -0.2) is 0 Å². The van der Waals surface area contributed by atoms with E-state index in [4.69, 9.17) is 4.99 Å². The fraction of sp³-hybridized carbons (Fsp3) is 0.333. The zero-order chi connectivity index (χ0) is 25.2. The lowest BCUT2D eigenvalue weighted by Gasteiger charge is -2.23. The molecule has 3 heterocycles. The first-order chi connectivity index (χ1) is 18.2. The molecule has 2 aromatic carbocycles. The van der Waals surface area contributed by atoms with Crippen LogP contribution in [0.2, 0.25) is 0 Å². The third-order valence-corrected chi connectivity index (χ3v) is 8.34. The average Bonchev–Trinajstić information content (AvgIpc) is 3.75. The zero-order valence-corrected chi connectivity index (χ0v) is 21.9. The Morgan fingerprint density at radius 1 is 1.00 bits per heavy atom. The van der Waals surface area contributed by atoms with Crippen LogP contribution in [0, 0.1) is 0 Å². The lowest BCUT2D eigenvalue weighted by Crippen LogP contribution is -2.40. The SMILES string of the molecule is CCCCC1=NC2(CCCC2)C(=O)N1Cc1ccc(-c2cc(-c3ccsc3)ccc2-c2cn[nH]n2)cc1. The van der Waals surface area contributed by atoms with E-state index in [2.05, 4.69) is 81.6 Å². The van der Waals surface area contributed by atoms with Crippen molar-refractivity contribution in [2.45, 2.75) is 64.0 Å². The van der Waals surface area contributed by atoms with Crippen LogP contribution < -0.4 is 0 Å². The second-order valence-corrected chi connectivity index (χ2v) is 10.9. The molecular weight excluding hydrogens is 478 g/mol. The summed E-state index contributed by atoms with van der Waals surface area (Å²) in [4.78, 5) is 20.5. The zero-order valence-electron chi connectivity index (χ0n) is 21.1. The summed E-state index contributed by atoms with van der Waals surface area (Å²) in [5.41, 5.74) is 7.08. The number of amides is 1. The number of aromatic amines is 1. The molecule has 0 saturated heterocycles. The fourth-order valence-electron chi connectivity index (χ4n) is 5.62. The van der Waals surface area contributed by atoms with Gasteiger partial charge in [-0.1, -0.05) is 62.6 Å². The van der Waals surface area contributed by atoms with Crippen LogP contribution in [0.25, 0.3) is 33.5 Å². The van der Waals surface area contributed by atoms with E-state index in [9.17, 15) is 4.79 Å². The van der Waals surface area contributed by atoms with Gasteiger partial charge < -0.3 is 0 Å². The molecule has 1 fully saturated rings. The lowest BCUT2D eigenvalue weighted by atomic mass is 9.93. The highest BCUT2D eigenvalue weighted by molar-refractivity contribution is 7.08. The molecule has 6 nitrogen and oxygen atoms in total. The Morgan fingerprint density at radius 2 is 1.81 bits per heavy atom. The highest BCUT2D eigenvalue weighted by atomic mass is 32.1. The number of carbonyl (C=O) groups is 1. The Hall–Kier alpha value is -3.58. The Balaban J connectivity index is 1.30.